The summed E-state index contributed by atoms with van der Waals surface area (Å²) in [5.41, 5.74) is 1.32. The lowest BCUT2D eigenvalue weighted by atomic mass is 9.87. The average Bonchev–Trinajstić information content (AvgIpc) is 3.21. The molecule has 2 aromatic rings. The Hall–Kier alpha value is -2.24. The van der Waals surface area contributed by atoms with Gasteiger partial charge in [-0.2, -0.15) is 0 Å². The lowest BCUT2D eigenvalue weighted by Crippen LogP contribution is -2.41. The largest absolute Gasteiger partial charge is 0.337 e. The Labute approximate surface area is 130 Å². The van der Waals surface area contributed by atoms with Gasteiger partial charge in [0.2, 0.25) is 5.91 Å². The minimum atomic E-state index is 0.101. The van der Waals surface area contributed by atoms with E-state index in [2.05, 4.69) is 46.7 Å². The number of carbonyl (C=O) groups is 1. The Morgan fingerprint density at radius 1 is 1.36 bits per heavy atom. The number of hydrogen-bond acceptors (Lipinski definition) is 4. The highest BCUT2D eigenvalue weighted by molar-refractivity contribution is 5.76. The quantitative estimate of drug-likeness (QED) is 0.845. The Morgan fingerprint density at radius 2 is 2.18 bits per heavy atom. The van der Waals surface area contributed by atoms with E-state index < -0.39 is 0 Å². The fourth-order valence-electron chi connectivity index (χ4n) is 3.43. The van der Waals surface area contributed by atoms with Crippen LogP contribution in [0.25, 0.3) is 0 Å². The minimum absolute atomic E-state index is 0.101. The molecule has 1 fully saturated rings. The van der Waals surface area contributed by atoms with Crippen LogP contribution in [0.2, 0.25) is 0 Å². The maximum absolute atomic E-state index is 12.6. The van der Waals surface area contributed by atoms with Crippen LogP contribution in [-0.2, 0) is 11.3 Å². The summed E-state index contributed by atoms with van der Waals surface area (Å²) < 4.78 is 1.49. The molecule has 3 rings (SSSR count). The number of likely N-dealkylation sites (tertiary alicyclic amines) is 1. The molecule has 2 heterocycles. The average molecular weight is 299 g/mol. The monoisotopic (exact) mass is 299 g/mol. The SMILES string of the molecule is CC[C@@H](c1ccccc1)[C@@H]1CCCN1C(=O)Cn1cnnn1. The smallest absolute Gasteiger partial charge is 0.244 e. The molecule has 1 aromatic carbocycles. The van der Waals surface area contributed by atoms with Gasteiger partial charge >= 0.3 is 0 Å². The minimum Gasteiger partial charge on any atom is -0.337 e. The van der Waals surface area contributed by atoms with Crippen molar-refractivity contribution in [2.24, 2.45) is 0 Å². The maximum Gasteiger partial charge on any atom is 0.244 e. The first kappa shape index (κ1) is 14.7. The third-order valence-corrected chi connectivity index (χ3v) is 4.44. The molecule has 0 N–H and O–H groups in total. The second kappa shape index (κ2) is 6.68. The van der Waals surface area contributed by atoms with Crippen molar-refractivity contribution in [3.05, 3.63) is 42.2 Å². The predicted molar refractivity (Wildman–Crippen MR) is 82.0 cm³/mol. The van der Waals surface area contributed by atoms with Crippen molar-refractivity contribution in [1.29, 1.82) is 0 Å². The maximum atomic E-state index is 12.6. The van der Waals surface area contributed by atoms with Gasteiger partial charge in [0, 0.05) is 18.5 Å². The van der Waals surface area contributed by atoms with Gasteiger partial charge in [0.25, 0.3) is 0 Å². The summed E-state index contributed by atoms with van der Waals surface area (Å²) >= 11 is 0. The van der Waals surface area contributed by atoms with E-state index in [-0.39, 0.29) is 18.5 Å². The van der Waals surface area contributed by atoms with Gasteiger partial charge in [-0.15, -0.1) is 5.10 Å². The summed E-state index contributed by atoms with van der Waals surface area (Å²) in [6.45, 7) is 3.24. The van der Waals surface area contributed by atoms with E-state index in [1.165, 1.54) is 16.6 Å². The van der Waals surface area contributed by atoms with E-state index in [1.54, 1.807) is 0 Å². The normalized spacial score (nSPS) is 19.3. The number of hydrogen-bond donors (Lipinski definition) is 0. The fourth-order valence-corrected chi connectivity index (χ4v) is 3.43. The molecule has 6 heteroatoms. The number of nitrogens with zero attached hydrogens (tertiary/aromatic N) is 5. The first-order valence-corrected chi connectivity index (χ1v) is 7.84. The highest BCUT2D eigenvalue weighted by Gasteiger charge is 2.34. The molecule has 0 bridgehead atoms. The number of aromatic nitrogens is 4. The van der Waals surface area contributed by atoms with Crippen LogP contribution in [0.1, 0.15) is 37.7 Å². The van der Waals surface area contributed by atoms with Crippen molar-refractivity contribution in [1.82, 2.24) is 25.1 Å². The van der Waals surface area contributed by atoms with E-state index in [0.717, 1.165) is 25.8 Å². The second-order valence-electron chi connectivity index (χ2n) is 5.73. The van der Waals surface area contributed by atoms with Crippen molar-refractivity contribution in [2.75, 3.05) is 6.54 Å². The molecule has 1 amide bonds. The second-order valence-corrected chi connectivity index (χ2v) is 5.73. The summed E-state index contributed by atoms with van der Waals surface area (Å²) in [4.78, 5) is 14.6. The van der Waals surface area contributed by atoms with Crippen LogP contribution in [0.4, 0.5) is 0 Å². The van der Waals surface area contributed by atoms with E-state index >= 15 is 0 Å². The Morgan fingerprint density at radius 3 is 2.86 bits per heavy atom. The third kappa shape index (κ3) is 3.00. The molecule has 6 nitrogen and oxygen atoms in total. The van der Waals surface area contributed by atoms with Crippen molar-refractivity contribution >= 4 is 5.91 Å². The highest BCUT2D eigenvalue weighted by Crippen LogP contribution is 2.33. The molecule has 116 valence electrons. The van der Waals surface area contributed by atoms with Crippen LogP contribution in [0.15, 0.2) is 36.7 Å². The van der Waals surface area contributed by atoms with Gasteiger partial charge in [-0.1, -0.05) is 37.3 Å². The molecule has 2 atom stereocenters. The standard InChI is InChI=1S/C16H21N5O/c1-2-14(13-7-4-3-5-8-13)15-9-6-10-21(15)16(22)11-20-12-17-18-19-20/h3-5,7-8,12,14-15H,2,6,9-11H2,1H3/t14-,15-/m0/s1. The van der Waals surface area contributed by atoms with Crippen molar-refractivity contribution in [2.45, 2.75) is 44.7 Å². The molecule has 0 aliphatic carbocycles. The number of tetrazole rings is 1. The van der Waals surface area contributed by atoms with Gasteiger partial charge < -0.3 is 4.90 Å². The van der Waals surface area contributed by atoms with E-state index in [9.17, 15) is 4.79 Å². The van der Waals surface area contributed by atoms with Crippen LogP contribution >= 0.6 is 0 Å². The van der Waals surface area contributed by atoms with Crippen LogP contribution in [0, 0.1) is 0 Å². The van der Waals surface area contributed by atoms with Gasteiger partial charge in [0.1, 0.15) is 12.9 Å². The lowest BCUT2D eigenvalue weighted by molar-refractivity contribution is -0.133. The number of carbonyl (C=O) groups excluding carboxylic acids is 1. The zero-order valence-corrected chi connectivity index (χ0v) is 12.8. The van der Waals surface area contributed by atoms with Crippen LogP contribution in [-0.4, -0.2) is 43.6 Å². The van der Waals surface area contributed by atoms with Crippen molar-refractivity contribution in [3.8, 4) is 0 Å². The topological polar surface area (TPSA) is 63.9 Å². The van der Waals surface area contributed by atoms with E-state index in [0.29, 0.717) is 5.92 Å². The molecule has 1 aliphatic heterocycles. The summed E-state index contributed by atoms with van der Waals surface area (Å²) in [7, 11) is 0. The molecular formula is C16H21N5O. The summed E-state index contributed by atoms with van der Waals surface area (Å²) in [6, 6.07) is 10.8. The van der Waals surface area contributed by atoms with Crippen molar-refractivity contribution in [3.63, 3.8) is 0 Å². The van der Waals surface area contributed by atoms with Crippen LogP contribution in [0.5, 0.6) is 0 Å². The summed E-state index contributed by atoms with van der Waals surface area (Å²) in [6.07, 6.45) is 4.64. The number of amides is 1. The van der Waals surface area contributed by atoms with Crippen molar-refractivity contribution < 1.29 is 4.79 Å². The number of rotatable bonds is 5. The Balaban J connectivity index is 1.75. The molecule has 0 spiro atoms. The van der Waals surface area contributed by atoms with Crippen LogP contribution in [0.3, 0.4) is 0 Å². The zero-order valence-electron chi connectivity index (χ0n) is 12.8. The molecule has 22 heavy (non-hydrogen) atoms. The molecule has 0 unspecified atom stereocenters. The molecular weight excluding hydrogens is 278 g/mol. The molecule has 0 radical (unpaired) electrons. The van der Waals surface area contributed by atoms with Gasteiger partial charge in [-0.05, 0) is 35.3 Å². The third-order valence-electron chi connectivity index (χ3n) is 4.44. The van der Waals surface area contributed by atoms with Gasteiger partial charge in [-0.3, -0.25) is 4.79 Å². The predicted octanol–water partition coefficient (Wildman–Crippen LogP) is 1.86. The first-order chi connectivity index (χ1) is 10.8. The summed E-state index contributed by atoms with van der Waals surface area (Å²) in [5, 5.41) is 10.9. The lowest BCUT2D eigenvalue weighted by Gasteiger charge is -2.31. The van der Waals surface area contributed by atoms with Gasteiger partial charge in [0.15, 0.2) is 0 Å². The fraction of sp³-hybridized carbons (Fsp3) is 0.500. The number of benzene rings is 1. The van der Waals surface area contributed by atoms with E-state index in [1.807, 2.05) is 11.0 Å². The summed E-state index contributed by atoms with van der Waals surface area (Å²) in [5.74, 6) is 0.491. The molecule has 1 saturated heterocycles. The first-order valence-electron chi connectivity index (χ1n) is 7.84. The molecule has 0 saturated carbocycles. The Bertz CT molecular complexity index is 598. The Kier molecular flexibility index (Phi) is 4.46. The van der Waals surface area contributed by atoms with E-state index in [4.69, 9.17) is 0 Å². The van der Waals surface area contributed by atoms with Gasteiger partial charge in [0.05, 0.1) is 0 Å². The van der Waals surface area contributed by atoms with Crippen LogP contribution < -0.4 is 0 Å². The zero-order chi connectivity index (χ0) is 15.4. The molecule has 1 aliphatic rings. The highest BCUT2D eigenvalue weighted by atomic mass is 16.2. The molecule has 1 aromatic heterocycles. The van der Waals surface area contributed by atoms with Gasteiger partial charge in [-0.25, -0.2) is 4.68 Å².